The minimum Gasteiger partial charge on any atom is -0.408 e. The Kier molecular flexibility index (Phi) is 2.41. The summed E-state index contributed by atoms with van der Waals surface area (Å²) < 4.78 is 6.78. The van der Waals surface area contributed by atoms with E-state index in [2.05, 4.69) is 0 Å². The molecule has 3 nitrogen and oxygen atoms in total. The smallest absolute Gasteiger partial charge is 0.408 e. The number of aromatic nitrogens is 1. The number of fused-ring (bicyclic) bond motifs is 1. The molecule has 0 aliphatic heterocycles. The zero-order valence-electron chi connectivity index (χ0n) is 9.02. The predicted octanol–water partition coefficient (Wildman–Crippen LogP) is 1.44. The van der Waals surface area contributed by atoms with E-state index in [0.717, 1.165) is 23.9 Å². The monoisotopic (exact) mass is 247 g/mol. The second kappa shape index (κ2) is 3.93. The van der Waals surface area contributed by atoms with Gasteiger partial charge in [-0.25, -0.2) is 9.36 Å². The van der Waals surface area contributed by atoms with Crippen molar-refractivity contribution in [3.8, 4) is 5.69 Å². The number of hydrogen-bond donors (Lipinski definition) is 0. The Hall–Kier alpha value is -1.74. The topological polar surface area (TPSA) is 35.1 Å². The summed E-state index contributed by atoms with van der Waals surface area (Å²) in [5.74, 6) is -0.355. The van der Waals surface area contributed by atoms with Crippen LogP contribution < -0.4 is 16.5 Å². The molecular weight excluding hydrogens is 238 g/mol. The number of benzene rings is 1. The van der Waals surface area contributed by atoms with Crippen molar-refractivity contribution in [1.82, 2.24) is 4.57 Å². The first kappa shape index (κ1) is 10.4. The Bertz CT molecular complexity index is 722. The molecule has 0 N–H and O–H groups in total. The molecule has 3 rings (SSSR count). The van der Waals surface area contributed by atoms with Gasteiger partial charge < -0.3 is 4.42 Å². The maximum absolute atomic E-state index is 11.8. The van der Waals surface area contributed by atoms with Crippen molar-refractivity contribution in [2.75, 3.05) is 0 Å². The summed E-state index contributed by atoms with van der Waals surface area (Å²) in [5.41, 5.74) is 1.44. The van der Waals surface area contributed by atoms with Gasteiger partial charge >= 0.3 is 5.76 Å². The van der Waals surface area contributed by atoms with Crippen molar-refractivity contribution >= 4 is 23.8 Å². The van der Waals surface area contributed by atoms with Crippen molar-refractivity contribution in [3.63, 3.8) is 0 Å². The molecule has 0 atom stereocenters. The molecule has 1 aliphatic rings. The van der Waals surface area contributed by atoms with Crippen LogP contribution in [-0.2, 0) is 0 Å². The van der Waals surface area contributed by atoms with Gasteiger partial charge in [0.05, 0.1) is 11.0 Å². The third-order valence-electron chi connectivity index (χ3n) is 2.79. The summed E-state index contributed by atoms with van der Waals surface area (Å²) in [6.07, 6.45) is 5.82. The number of oxazole rings is 1. The quantitative estimate of drug-likeness (QED) is 0.764. The molecule has 2 aromatic rings. The Morgan fingerprint density at radius 2 is 1.82 bits per heavy atom. The summed E-state index contributed by atoms with van der Waals surface area (Å²) in [6, 6.07) is 7.13. The van der Waals surface area contributed by atoms with Gasteiger partial charge in [-0.3, -0.25) is 0 Å². The molecule has 1 aromatic heterocycles. The fourth-order valence-corrected chi connectivity index (χ4v) is 2.13. The lowest BCUT2D eigenvalue weighted by Crippen LogP contribution is -2.32. The Balaban J connectivity index is 2.33. The third kappa shape index (κ3) is 1.72. The maximum Gasteiger partial charge on any atom is 0.424 e. The summed E-state index contributed by atoms with van der Waals surface area (Å²) in [6.45, 7) is 0. The first-order valence-corrected chi connectivity index (χ1v) is 5.82. The van der Waals surface area contributed by atoms with Crippen LogP contribution in [0.15, 0.2) is 33.5 Å². The van der Waals surface area contributed by atoms with Gasteiger partial charge in [0.2, 0.25) is 0 Å². The molecule has 17 heavy (non-hydrogen) atoms. The van der Waals surface area contributed by atoms with Gasteiger partial charge in [0.15, 0.2) is 5.42 Å². The molecule has 4 heteroatoms. The molecule has 0 radical (unpaired) electrons. The molecule has 0 unspecified atom stereocenters. The fourth-order valence-electron chi connectivity index (χ4n) is 2.01. The summed E-state index contributed by atoms with van der Waals surface area (Å²) in [5, 5.41) is 1.48. The van der Waals surface area contributed by atoms with Crippen molar-refractivity contribution in [1.29, 1.82) is 0 Å². The van der Waals surface area contributed by atoms with Crippen molar-refractivity contribution in [2.45, 2.75) is 12.8 Å². The highest BCUT2D eigenvalue weighted by Crippen LogP contribution is 2.10. The second-order valence-electron chi connectivity index (χ2n) is 3.91. The van der Waals surface area contributed by atoms with E-state index >= 15 is 0 Å². The molecule has 1 heterocycles. The molecular formula is C13H10ClNO2. The fraction of sp³-hybridized carbons (Fsp3) is 0.154. The van der Waals surface area contributed by atoms with E-state index in [1.54, 1.807) is 16.7 Å². The van der Waals surface area contributed by atoms with Crippen LogP contribution in [0.3, 0.4) is 0 Å². The van der Waals surface area contributed by atoms with E-state index in [1.807, 2.05) is 24.3 Å². The molecule has 1 aliphatic carbocycles. The number of nitrogens with zero attached hydrogens (tertiary/aromatic N) is 1. The van der Waals surface area contributed by atoms with E-state index in [4.69, 9.17) is 16.0 Å². The van der Waals surface area contributed by atoms with Crippen LogP contribution in [-0.4, -0.2) is 4.57 Å². The molecule has 0 saturated heterocycles. The lowest BCUT2D eigenvalue weighted by Gasteiger charge is -2.01. The van der Waals surface area contributed by atoms with Crippen molar-refractivity contribution in [3.05, 3.63) is 50.6 Å². The van der Waals surface area contributed by atoms with Crippen molar-refractivity contribution < 1.29 is 4.42 Å². The predicted molar refractivity (Wildman–Crippen MR) is 66.7 cm³/mol. The second-order valence-corrected chi connectivity index (χ2v) is 4.35. The Morgan fingerprint density at radius 1 is 1.12 bits per heavy atom. The van der Waals surface area contributed by atoms with Crippen LogP contribution in [0.25, 0.3) is 17.8 Å². The SMILES string of the molecule is O=c1oc2c(n1-c1ccc(Cl)cc1)=CCCC=2. The first-order valence-electron chi connectivity index (χ1n) is 5.44. The van der Waals surface area contributed by atoms with Crippen LogP contribution in [0.1, 0.15) is 12.8 Å². The highest BCUT2D eigenvalue weighted by atomic mass is 35.5. The third-order valence-corrected chi connectivity index (χ3v) is 3.04. The molecule has 0 fully saturated rings. The van der Waals surface area contributed by atoms with Gasteiger partial charge in [0.1, 0.15) is 0 Å². The summed E-state index contributed by atoms with van der Waals surface area (Å²) in [7, 11) is 0. The highest BCUT2D eigenvalue weighted by Gasteiger charge is 2.09. The lowest BCUT2D eigenvalue weighted by molar-refractivity contribution is 0.476. The standard InChI is InChI=1S/C13H10ClNO2/c14-9-5-7-10(8-6-9)15-11-3-1-2-4-12(11)17-13(15)16/h3-8H,1-2H2. The highest BCUT2D eigenvalue weighted by molar-refractivity contribution is 6.30. The zero-order valence-corrected chi connectivity index (χ0v) is 9.78. The molecule has 0 spiro atoms. The average molecular weight is 248 g/mol. The van der Waals surface area contributed by atoms with Gasteiger partial charge in [0.25, 0.3) is 0 Å². The number of hydrogen-bond acceptors (Lipinski definition) is 2. The van der Waals surface area contributed by atoms with Gasteiger partial charge in [-0.1, -0.05) is 17.7 Å². The molecule has 86 valence electrons. The summed E-state index contributed by atoms with van der Waals surface area (Å²) in [4.78, 5) is 11.8. The van der Waals surface area contributed by atoms with Crippen LogP contribution >= 0.6 is 11.6 Å². The summed E-state index contributed by atoms with van der Waals surface area (Å²) >= 11 is 5.83. The van der Waals surface area contributed by atoms with E-state index in [9.17, 15) is 4.79 Å². The largest absolute Gasteiger partial charge is 0.424 e. The first-order chi connectivity index (χ1) is 8.25. The molecule has 1 aromatic carbocycles. The van der Waals surface area contributed by atoms with Gasteiger partial charge in [0, 0.05) is 5.02 Å². The van der Waals surface area contributed by atoms with Crippen LogP contribution in [0.2, 0.25) is 5.02 Å². The normalized spacial score (nSPS) is 13.7. The van der Waals surface area contributed by atoms with Crippen LogP contribution in [0.5, 0.6) is 0 Å². The van der Waals surface area contributed by atoms with Crippen molar-refractivity contribution in [2.24, 2.45) is 0 Å². The Labute approximate surface area is 102 Å². The number of halogens is 1. The lowest BCUT2D eigenvalue weighted by atomic mass is 10.2. The number of rotatable bonds is 1. The van der Waals surface area contributed by atoms with E-state index in [-0.39, 0.29) is 5.76 Å². The van der Waals surface area contributed by atoms with E-state index < -0.39 is 0 Å². The van der Waals surface area contributed by atoms with Gasteiger partial charge in [-0.2, -0.15) is 0 Å². The van der Waals surface area contributed by atoms with Crippen LogP contribution in [0.4, 0.5) is 0 Å². The Morgan fingerprint density at radius 3 is 2.59 bits per heavy atom. The van der Waals surface area contributed by atoms with E-state index in [1.165, 1.54) is 0 Å². The van der Waals surface area contributed by atoms with Gasteiger partial charge in [-0.05, 0) is 43.2 Å². The minimum absolute atomic E-state index is 0.355. The van der Waals surface area contributed by atoms with Crippen LogP contribution in [0, 0.1) is 0 Å². The van der Waals surface area contributed by atoms with E-state index in [0.29, 0.717) is 10.4 Å². The molecule has 0 bridgehead atoms. The minimum atomic E-state index is -0.355. The molecule has 0 amide bonds. The maximum atomic E-state index is 11.8. The van der Waals surface area contributed by atoms with Gasteiger partial charge in [-0.15, -0.1) is 0 Å². The zero-order chi connectivity index (χ0) is 11.8. The molecule has 0 saturated carbocycles. The average Bonchev–Trinajstić information content (AvgIpc) is 2.66.